The second-order valence-electron chi connectivity index (χ2n) is 4.57. The van der Waals surface area contributed by atoms with Gasteiger partial charge in [-0.3, -0.25) is 4.79 Å². The molecule has 0 radical (unpaired) electrons. The van der Waals surface area contributed by atoms with E-state index >= 15 is 0 Å². The Morgan fingerprint density at radius 3 is 3.00 bits per heavy atom. The number of aryl methyl sites for hydroxylation is 1. The van der Waals surface area contributed by atoms with E-state index in [2.05, 4.69) is 16.8 Å². The molecular weight excluding hydrogens is 238 g/mol. The number of piperidine rings is 1. The van der Waals surface area contributed by atoms with Crippen LogP contribution in [0.5, 0.6) is 0 Å². The van der Waals surface area contributed by atoms with Gasteiger partial charge >= 0.3 is 0 Å². The van der Waals surface area contributed by atoms with Gasteiger partial charge in [-0.25, -0.2) is 4.98 Å². The van der Waals surface area contributed by atoms with E-state index in [-0.39, 0.29) is 10.9 Å². The highest BCUT2D eigenvalue weighted by Gasteiger charge is 2.26. The topological polar surface area (TPSA) is 38.1 Å². The molecule has 1 fully saturated rings. The average molecular weight is 256 g/mol. The molecule has 5 heteroatoms. The molecule has 2 unspecified atom stereocenters. The van der Waals surface area contributed by atoms with E-state index < -0.39 is 0 Å². The Morgan fingerprint density at radius 2 is 2.35 bits per heavy atom. The van der Waals surface area contributed by atoms with Crippen LogP contribution in [-0.2, 0) is 6.54 Å². The van der Waals surface area contributed by atoms with Crippen molar-refractivity contribution in [1.29, 1.82) is 0 Å². The first-order valence-electron chi connectivity index (χ1n) is 6.08. The Kier molecular flexibility index (Phi) is 3.72. The third-order valence-electron chi connectivity index (χ3n) is 3.34. The minimum Gasteiger partial charge on any atom is -0.352 e. The van der Waals surface area contributed by atoms with Crippen molar-refractivity contribution < 1.29 is 0 Å². The van der Waals surface area contributed by atoms with Crippen molar-refractivity contribution >= 4 is 17.4 Å². The van der Waals surface area contributed by atoms with Crippen molar-refractivity contribution in [1.82, 2.24) is 9.55 Å². The SMILES string of the molecule is CCn1ccnc(N2CCC(Cl)C(C)C2)c1=O. The fraction of sp³-hybridized carbons (Fsp3) is 0.667. The monoisotopic (exact) mass is 255 g/mol. The van der Waals surface area contributed by atoms with Crippen LogP contribution in [0, 0.1) is 5.92 Å². The zero-order chi connectivity index (χ0) is 12.4. The summed E-state index contributed by atoms with van der Waals surface area (Å²) in [5, 5.41) is 0.211. The summed E-state index contributed by atoms with van der Waals surface area (Å²) in [5.41, 5.74) is -0.00442. The summed E-state index contributed by atoms with van der Waals surface area (Å²) in [4.78, 5) is 18.4. The lowest BCUT2D eigenvalue weighted by Crippen LogP contribution is -2.43. The molecule has 0 aromatic carbocycles. The van der Waals surface area contributed by atoms with Crippen LogP contribution in [0.3, 0.4) is 0 Å². The van der Waals surface area contributed by atoms with Gasteiger partial charge in [0.25, 0.3) is 5.56 Å². The minimum absolute atomic E-state index is 0.00442. The summed E-state index contributed by atoms with van der Waals surface area (Å²) in [6.45, 7) is 6.37. The van der Waals surface area contributed by atoms with Crippen LogP contribution in [0.4, 0.5) is 5.82 Å². The zero-order valence-electron chi connectivity index (χ0n) is 10.3. The number of anilines is 1. The molecule has 1 aromatic rings. The number of aromatic nitrogens is 2. The molecule has 1 aromatic heterocycles. The van der Waals surface area contributed by atoms with Gasteiger partial charge in [0.1, 0.15) is 0 Å². The summed E-state index contributed by atoms with van der Waals surface area (Å²) in [6.07, 6.45) is 4.33. The number of alkyl halides is 1. The van der Waals surface area contributed by atoms with Crippen molar-refractivity contribution in [3.8, 4) is 0 Å². The number of halogens is 1. The molecule has 0 N–H and O–H groups in total. The molecule has 0 saturated carbocycles. The Balaban J connectivity index is 2.26. The molecule has 2 heterocycles. The quantitative estimate of drug-likeness (QED) is 0.756. The fourth-order valence-corrected chi connectivity index (χ4v) is 2.39. The van der Waals surface area contributed by atoms with Gasteiger partial charge in [0.05, 0.1) is 0 Å². The van der Waals surface area contributed by atoms with Crippen molar-refractivity contribution in [3.63, 3.8) is 0 Å². The number of rotatable bonds is 2. The number of hydrogen-bond acceptors (Lipinski definition) is 3. The Morgan fingerprint density at radius 1 is 1.59 bits per heavy atom. The van der Waals surface area contributed by atoms with Crippen LogP contribution >= 0.6 is 11.6 Å². The van der Waals surface area contributed by atoms with Gasteiger partial charge in [0, 0.05) is 37.4 Å². The highest BCUT2D eigenvalue weighted by Crippen LogP contribution is 2.23. The Bertz CT molecular complexity index is 446. The summed E-state index contributed by atoms with van der Waals surface area (Å²) in [6, 6.07) is 0. The lowest BCUT2D eigenvalue weighted by Gasteiger charge is -2.34. The van der Waals surface area contributed by atoms with Gasteiger partial charge in [-0.05, 0) is 19.3 Å². The highest BCUT2D eigenvalue weighted by molar-refractivity contribution is 6.20. The van der Waals surface area contributed by atoms with Crippen molar-refractivity contribution in [3.05, 3.63) is 22.7 Å². The van der Waals surface area contributed by atoms with E-state index in [4.69, 9.17) is 11.6 Å². The van der Waals surface area contributed by atoms with Gasteiger partial charge < -0.3 is 9.47 Å². The highest BCUT2D eigenvalue weighted by atomic mass is 35.5. The molecule has 4 nitrogen and oxygen atoms in total. The molecule has 2 atom stereocenters. The standard InChI is InChI=1S/C12H18ClN3O/c1-3-15-7-5-14-11(12(15)17)16-6-4-10(13)9(2)8-16/h5,7,9-10H,3-4,6,8H2,1-2H3. The van der Waals surface area contributed by atoms with Crippen molar-refractivity contribution in [2.75, 3.05) is 18.0 Å². The van der Waals surface area contributed by atoms with E-state index in [1.165, 1.54) is 0 Å². The van der Waals surface area contributed by atoms with E-state index in [1.807, 2.05) is 6.92 Å². The predicted octanol–water partition coefficient (Wildman–Crippen LogP) is 1.72. The van der Waals surface area contributed by atoms with Crippen molar-refractivity contribution in [2.45, 2.75) is 32.2 Å². The molecule has 0 spiro atoms. The molecule has 1 aliphatic heterocycles. The number of nitrogens with zero attached hydrogens (tertiary/aromatic N) is 3. The largest absolute Gasteiger partial charge is 0.352 e. The molecule has 0 aliphatic carbocycles. The molecule has 2 rings (SSSR count). The maximum absolute atomic E-state index is 12.1. The normalized spacial score (nSPS) is 25.0. The molecule has 0 bridgehead atoms. The molecule has 94 valence electrons. The van der Waals surface area contributed by atoms with Gasteiger partial charge in [0.15, 0.2) is 5.82 Å². The lowest BCUT2D eigenvalue weighted by molar-refractivity contribution is 0.450. The third-order valence-corrected chi connectivity index (χ3v) is 3.98. The summed E-state index contributed by atoms with van der Waals surface area (Å²) < 4.78 is 1.68. The molecular formula is C12H18ClN3O. The minimum atomic E-state index is -0.00442. The molecule has 0 amide bonds. The summed E-state index contributed by atoms with van der Waals surface area (Å²) in [5.74, 6) is 0.951. The molecule has 1 aliphatic rings. The van der Waals surface area contributed by atoms with Crippen LogP contribution in [0.2, 0.25) is 0 Å². The first kappa shape index (κ1) is 12.4. The van der Waals surface area contributed by atoms with Crippen molar-refractivity contribution in [2.24, 2.45) is 5.92 Å². The maximum Gasteiger partial charge on any atom is 0.293 e. The fourth-order valence-electron chi connectivity index (χ4n) is 2.21. The Hall–Kier alpha value is -1.03. The van der Waals surface area contributed by atoms with Gasteiger partial charge in [-0.2, -0.15) is 0 Å². The van der Waals surface area contributed by atoms with Crippen LogP contribution in [0.15, 0.2) is 17.2 Å². The summed E-state index contributed by atoms with van der Waals surface area (Å²) >= 11 is 6.19. The van der Waals surface area contributed by atoms with Crippen LogP contribution in [0.1, 0.15) is 20.3 Å². The second kappa shape index (κ2) is 5.08. The van der Waals surface area contributed by atoms with E-state index in [9.17, 15) is 4.79 Å². The van der Waals surface area contributed by atoms with Gasteiger partial charge in [0.2, 0.25) is 0 Å². The average Bonchev–Trinajstić information content (AvgIpc) is 2.33. The Labute approximate surface area is 106 Å². The first-order valence-corrected chi connectivity index (χ1v) is 6.51. The zero-order valence-corrected chi connectivity index (χ0v) is 11.0. The smallest absolute Gasteiger partial charge is 0.293 e. The van der Waals surface area contributed by atoms with E-state index in [0.29, 0.717) is 18.3 Å². The second-order valence-corrected chi connectivity index (χ2v) is 5.13. The van der Waals surface area contributed by atoms with Gasteiger partial charge in [-0.15, -0.1) is 11.6 Å². The van der Waals surface area contributed by atoms with E-state index in [1.54, 1.807) is 17.0 Å². The van der Waals surface area contributed by atoms with Crippen LogP contribution in [-0.4, -0.2) is 28.0 Å². The number of hydrogen-bond donors (Lipinski definition) is 0. The van der Waals surface area contributed by atoms with Crippen LogP contribution < -0.4 is 10.5 Å². The predicted molar refractivity (Wildman–Crippen MR) is 69.8 cm³/mol. The van der Waals surface area contributed by atoms with E-state index in [0.717, 1.165) is 19.5 Å². The first-order chi connectivity index (χ1) is 8.13. The van der Waals surface area contributed by atoms with Gasteiger partial charge in [-0.1, -0.05) is 6.92 Å². The lowest BCUT2D eigenvalue weighted by atomic mass is 10.00. The summed E-state index contributed by atoms with van der Waals surface area (Å²) in [7, 11) is 0. The molecule has 1 saturated heterocycles. The maximum atomic E-state index is 12.1. The van der Waals surface area contributed by atoms with Crippen LogP contribution in [0.25, 0.3) is 0 Å². The third kappa shape index (κ3) is 2.46. The molecule has 17 heavy (non-hydrogen) atoms.